The molecule has 2 saturated carbocycles. The van der Waals surface area contributed by atoms with Gasteiger partial charge in [0.15, 0.2) is 0 Å². The highest BCUT2D eigenvalue weighted by Crippen LogP contribution is 2.30. The highest BCUT2D eigenvalue weighted by molar-refractivity contribution is 5.81. The first-order valence-corrected chi connectivity index (χ1v) is 7.88. The van der Waals surface area contributed by atoms with E-state index in [0.29, 0.717) is 19.5 Å². The van der Waals surface area contributed by atoms with Crippen LogP contribution < -0.4 is 16.0 Å². The van der Waals surface area contributed by atoms with Gasteiger partial charge in [0.1, 0.15) is 0 Å². The summed E-state index contributed by atoms with van der Waals surface area (Å²) in [5.41, 5.74) is -0.0143. The Morgan fingerprint density at radius 2 is 1.70 bits per heavy atom. The van der Waals surface area contributed by atoms with Gasteiger partial charge < -0.3 is 16.0 Å². The van der Waals surface area contributed by atoms with E-state index >= 15 is 0 Å². The predicted molar refractivity (Wildman–Crippen MR) is 78.2 cm³/mol. The van der Waals surface area contributed by atoms with E-state index in [0.717, 1.165) is 25.7 Å². The minimum Gasteiger partial charge on any atom is -0.354 e. The van der Waals surface area contributed by atoms with E-state index in [9.17, 15) is 9.59 Å². The van der Waals surface area contributed by atoms with Gasteiger partial charge in [-0.15, -0.1) is 0 Å². The van der Waals surface area contributed by atoms with Gasteiger partial charge in [-0.2, -0.15) is 0 Å². The maximum atomic E-state index is 12.0. The SMILES string of the molecule is CNC1(CC(=O)NCCNC(=O)C2CC2)CCCCC1. The molecule has 0 aromatic heterocycles. The molecule has 0 spiro atoms. The van der Waals surface area contributed by atoms with Crippen molar-refractivity contribution >= 4 is 11.8 Å². The lowest BCUT2D eigenvalue weighted by Crippen LogP contribution is -2.48. The molecule has 0 unspecified atom stereocenters. The van der Waals surface area contributed by atoms with Gasteiger partial charge in [-0.05, 0) is 32.7 Å². The number of hydrogen-bond acceptors (Lipinski definition) is 3. The van der Waals surface area contributed by atoms with E-state index in [4.69, 9.17) is 0 Å². The Labute approximate surface area is 121 Å². The van der Waals surface area contributed by atoms with Crippen LogP contribution in [0.2, 0.25) is 0 Å². The van der Waals surface area contributed by atoms with Crippen molar-refractivity contribution in [3.05, 3.63) is 0 Å². The largest absolute Gasteiger partial charge is 0.354 e. The second-order valence-corrected chi connectivity index (χ2v) is 6.18. The van der Waals surface area contributed by atoms with Crippen LogP contribution in [0.5, 0.6) is 0 Å². The molecule has 0 aliphatic heterocycles. The number of rotatable bonds is 7. The summed E-state index contributed by atoms with van der Waals surface area (Å²) in [6, 6.07) is 0. The van der Waals surface area contributed by atoms with Crippen LogP contribution in [0.3, 0.4) is 0 Å². The molecule has 2 rings (SSSR count). The summed E-state index contributed by atoms with van der Waals surface area (Å²) in [7, 11) is 1.95. The zero-order chi connectivity index (χ0) is 14.4. The van der Waals surface area contributed by atoms with E-state index in [1.165, 1.54) is 19.3 Å². The molecule has 20 heavy (non-hydrogen) atoms. The van der Waals surface area contributed by atoms with Crippen molar-refractivity contribution in [2.24, 2.45) is 5.92 Å². The van der Waals surface area contributed by atoms with Gasteiger partial charge in [0.25, 0.3) is 0 Å². The molecule has 114 valence electrons. The summed E-state index contributed by atoms with van der Waals surface area (Å²) in [5, 5.41) is 9.12. The fraction of sp³-hybridized carbons (Fsp3) is 0.867. The van der Waals surface area contributed by atoms with Gasteiger partial charge in [0.2, 0.25) is 11.8 Å². The minimum absolute atomic E-state index is 0.0143. The van der Waals surface area contributed by atoms with Gasteiger partial charge in [-0.25, -0.2) is 0 Å². The van der Waals surface area contributed by atoms with Crippen LogP contribution in [0.25, 0.3) is 0 Å². The summed E-state index contributed by atoms with van der Waals surface area (Å²) in [6.07, 6.45) is 8.41. The molecule has 3 N–H and O–H groups in total. The normalized spacial score (nSPS) is 21.2. The fourth-order valence-corrected chi connectivity index (χ4v) is 2.99. The van der Waals surface area contributed by atoms with Crippen LogP contribution in [0, 0.1) is 5.92 Å². The van der Waals surface area contributed by atoms with Crippen molar-refractivity contribution < 1.29 is 9.59 Å². The lowest BCUT2D eigenvalue weighted by Gasteiger charge is -2.36. The smallest absolute Gasteiger partial charge is 0.223 e. The van der Waals surface area contributed by atoms with E-state index in [2.05, 4.69) is 16.0 Å². The molecule has 2 aliphatic carbocycles. The summed E-state index contributed by atoms with van der Waals surface area (Å²) < 4.78 is 0. The Hall–Kier alpha value is -1.10. The van der Waals surface area contributed by atoms with Gasteiger partial charge in [-0.3, -0.25) is 9.59 Å². The quantitative estimate of drug-likeness (QED) is 0.608. The molecule has 0 atom stereocenters. The number of amides is 2. The third-order valence-corrected chi connectivity index (χ3v) is 4.53. The number of nitrogens with one attached hydrogen (secondary N) is 3. The van der Waals surface area contributed by atoms with Crippen LogP contribution in [0.15, 0.2) is 0 Å². The van der Waals surface area contributed by atoms with Crippen molar-refractivity contribution in [2.45, 2.75) is 56.9 Å². The Balaban J connectivity index is 1.62. The van der Waals surface area contributed by atoms with Crippen molar-refractivity contribution in [3.8, 4) is 0 Å². The average molecular weight is 281 g/mol. The molecular formula is C15H27N3O2. The van der Waals surface area contributed by atoms with Crippen LogP contribution in [-0.2, 0) is 9.59 Å². The summed E-state index contributed by atoms with van der Waals surface area (Å²) in [6.45, 7) is 1.06. The lowest BCUT2D eigenvalue weighted by molar-refractivity contribution is -0.124. The molecule has 0 heterocycles. The van der Waals surface area contributed by atoms with Crippen LogP contribution in [-0.4, -0.2) is 37.5 Å². The molecule has 0 radical (unpaired) electrons. The van der Waals surface area contributed by atoms with Crippen LogP contribution in [0.4, 0.5) is 0 Å². The van der Waals surface area contributed by atoms with Gasteiger partial charge in [0.05, 0.1) is 0 Å². The second-order valence-electron chi connectivity index (χ2n) is 6.18. The standard InChI is InChI=1S/C15H27N3O2/c1-16-15(7-3-2-4-8-15)11-13(19)17-9-10-18-14(20)12-5-6-12/h12,16H,2-11H2,1H3,(H,17,19)(H,18,20). The van der Waals surface area contributed by atoms with Crippen LogP contribution in [0.1, 0.15) is 51.4 Å². The first-order chi connectivity index (χ1) is 9.65. The third kappa shape index (κ3) is 4.47. The summed E-state index contributed by atoms with van der Waals surface area (Å²) in [4.78, 5) is 23.4. The monoisotopic (exact) mass is 281 g/mol. The average Bonchev–Trinajstić information content (AvgIpc) is 3.29. The molecule has 0 aromatic rings. The summed E-state index contributed by atoms with van der Waals surface area (Å²) in [5.74, 6) is 0.459. The first kappa shape index (κ1) is 15.3. The Morgan fingerprint density at radius 1 is 1.05 bits per heavy atom. The Bertz CT molecular complexity index is 347. The van der Waals surface area contributed by atoms with E-state index in [-0.39, 0.29) is 23.3 Å². The highest BCUT2D eigenvalue weighted by Gasteiger charge is 2.32. The molecular weight excluding hydrogens is 254 g/mol. The van der Waals surface area contributed by atoms with Gasteiger partial charge in [-0.1, -0.05) is 19.3 Å². The van der Waals surface area contributed by atoms with E-state index in [1.807, 2.05) is 7.05 Å². The zero-order valence-corrected chi connectivity index (χ0v) is 12.5. The fourth-order valence-electron chi connectivity index (χ4n) is 2.99. The topological polar surface area (TPSA) is 70.2 Å². The zero-order valence-electron chi connectivity index (χ0n) is 12.5. The second kappa shape index (κ2) is 7.07. The molecule has 0 aromatic carbocycles. The van der Waals surface area contributed by atoms with Crippen molar-refractivity contribution in [1.29, 1.82) is 0 Å². The molecule has 2 fully saturated rings. The lowest BCUT2D eigenvalue weighted by atomic mass is 9.79. The maximum absolute atomic E-state index is 12.0. The van der Waals surface area contributed by atoms with Gasteiger partial charge >= 0.3 is 0 Å². The Kier molecular flexibility index (Phi) is 5.40. The molecule has 0 bridgehead atoms. The van der Waals surface area contributed by atoms with Crippen molar-refractivity contribution in [2.75, 3.05) is 20.1 Å². The number of carbonyl (C=O) groups is 2. The Morgan fingerprint density at radius 3 is 2.30 bits per heavy atom. The maximum Gasteiger partial charge on any atom is 0.223 e. The van der Waals surface area contributed by atoms with E-state index in [1.54, 1.807) is 0 Å². The molecule has 2 aliphatic rings. The molecule has 0 saturated heterocycles. The first-order valence-electron chi connectivity index (χ1n) is 7.88. The van der Waals surface area contributed by atoms with E-state index < -0.39 is 0 Å². The summed E-state index contributed by atoms with van der Waals surface area (Å²) >= 11 is 0. The molecule has 5 heteroatoms. The van der Waals surface area contributed by atoms with Crippen molar-refractivity contribution in [3.63, 3.8) is 0 Å². The molecule has 2 amide bonds. The number of hydrogen-bond donors (Lipinski definition) is 3. The molecule has 5 nitrogen and oxygen atoms in total. The predicted octanol–water partition coefficient (Wildman–Crippen LogP) is 0.941. The van der Waals surface area contributed by atoms with Gasteiger partial charge in [0, 0.05) is 31.0 Å². The number of carbonyl (C=O) groups excluding carboxylic acids is 2. The van der Waals surface area contributed by atoms with Crippen LogP contribution >= 0.6 is 0 Å². The minimum atomic E-state index is -0.0143. The van der Waals surface area contributed by atoms with Crippen molar-refractivity contribution in [1.82, 2.24) is 16.0 Å². The highest BCUT2D eigenvalue weighted by atomic mass is 16.2. The third-order valence-electron chi connectivity index (χ3n) is 4.53.